The van der Waals surface area contributed by atoms with Crippen molar-refractivity contribution in [3.8, 4) is 0 Å². The maximum Gasteiger partial charge on any atom is 0.0998 e. The van der Waals surface area contributed by atoms with Gasteiger partial charge >= 0.3 is 0 Å². The Labute approximate surface area is 81.0 Å². The minimum atomic E-state index is 0.735. The second-order valence-electron chi connectivity index (χ2n) is 1.94. The second-order valence-corrected chi connectivity index (χ2v) is 3.23. The summed E-state index contributed by atoms with van der Waals surface area (Å²) in [6.45, 7) is 4.00. The molecular formula is C9H10ClNS. The smallest absolute Gasteiger partial charge is 0.0998 e. The maximum atomic E-state index is 5.84. The maximum absolute atomic E-state index is 5.84. The van der Waals surface area contributed by atoms with Gasteiger partial charge in [0.1, 0.15) is 0 Å². The number of hydrogen-bond acceptors (Lipinski definition) is 2. The van der Waals surface area contributed by atoms with E-state index in [2.05, 4.69) is 4.98 Å². The van der Waals surface area contributed by atoms with E-state index in [0.717, 1.165) is 15.2 Å². The zero-order chi connectivity index (χ0) is 8.97. The summed E-state index contributed by atoms with van der Waals surface area (Å²) in [5, 5.41) is 0.735. The summed E-state index contributed by atoms with van der Waals surface area (Å²) in [5.41, 5.74) is 2.71. The van der Waals surface area contributed by atoms with Gasteiger partial charge in [-0.3, -0.25) is 0 Å². The molecule has 0 fully saturated rings. The number of fused-ring (bicyclic) bond motifs is 1. The number of para-hydroxylation sites is 1. The fourth-order valence-corrected chi connectivity index (χ4v) is 1.83. The molecule has 1 heterocycles. The molecule has 1 aromatic carbocycles. The van der Waals surface area contributed by atoms with Crippen molar-refractivity contribution in [3.63, 3.8) is 0 Å². The summed E-state index contributed by atoms with van der Waals surface area (Å²) in [5.74, 6) is 0. The second kappa shape index (κ2) is 4.43. The summed E-state index contributed by atoms with van der Waals surface area (Å²) in [7, 11) is 0. The first-order valence-corrected chi connectivity index (χ1v) is 5.11. The third-order valence-electron chi connectivity index (χ3n) is 1.31. The number of rotatable bonds is 0. The fraction of sp³-hybridized carbons (Fsp3) is 0.222. The predicted molar refractivity (Wildman–Crippen MR) is 56.0 cm³/mol. The first kappa shape index (κ1) is 9.49. The van der Waals surface area contributed by atoms with Crippen molar-refractivity contribution in [2.75, 3.05) is 0 Å². The van der Waals surface area contributed by atoms with Crippen LogP contribution in [-0.4, -0.2) is 4.98 Å². The van der Waals surface area contributed by atoms with Crippen LogP contribution >= 0.6 is 22.9 Å². The molecule has 0 saturated carbocycles. The number of aromatic nitrogens is 1. The average Bonchev–Trinajstić information content (AvgIpc) is 2.57. The van der Waals surface area contributed by atoms with Crippen LogP contribution in [0.4, 0.5) is 0 Å². The van der Waals surface area contributed by atoms with E-state index in [1.165, 1.54) is 0 Å². The highest BCUT2D eigenvalue weighted by atomic mass is 35.5. The molecule has 0 aliphatic heterocycles. The molecule has 0 unspecified atom stereocenters. The standard InChI is InChI=1S/C7H4ClNS.C2H6/c8-5-2-1-3-6-7(5)9-4-10-6;1-2/h1-4H;1-2H3. The van der Waals surface area contributed by atoms with Crippen LogP contribution in [0.5, 0.6) is 0 Å². The van der Waals surface area contributed by atoms with Crippen LogP contribution in [0.3, 0.4) is 0 Å². The first-order chi connectivity index (χ1) is 5.88. The lowest BCUT2D eigenvalue weighted by Gasteiger charge is -1.87. The van der Waals surface area contributed by atoms with E-state index in [1.54, 1.807) is 16.8 Å². The van der Waals surface area contributed by atoms with Gasteiger partial charge in [0.05, 0.1) is 20.7 Å². The Hall–Kier alpha value is -0.600. The minimum Gasteiger partial charge on any atom is -0.243 e. The van der Waals surface area contributed by atoms with Crippen molar-refractivity contribution in [2.45, 2.75) is 13.8 Å². The number of benzene rings is 1. The Morgan fingerprint density at radius 2 is 2.08 bits per heavy atom. The molecule has 0 N–H and O–H groups in total. The monoisotopic (exact) mass is 199 g/mol. The summed E-state index contributed by atoms with van der Waals surface area (Å²) in [6.07, 6.45) is 0. The van der Waals surface area contributed by atoms with E-state index >= 15 is 0 Å². The third-order valence-corrected chi connectivity index (χ3v) is 2.41. The lowest BCUT2D eigenvalue weighted by atomic mass is 10.3. The molecule has 1 nitrogen and oxygen atoms in total. The van der Waals surface area contributed by atoms with Gasteiger partial charge in [0.15, 0.2) is 0 Å². The minimum absolute atomic E-state index is 0.735. The Kier molecular flexibility index (Phi) is 3.50. The number of thiazole rings is 1. The molecule has 0 atom stereocenters. The topological polar surface area (TPSA) is 12.9 Å². The van der Waals surface area contributed by atoms with Gasteiger partial charge in [-0.1, -0.05) is 31.5 Å². The molecule has 2 rings (SSSR count). The van der Waals surface area contributed by atoms with E-state index in [1.807, 2.05) is 32.0 Å². The summed E-state index contributed by atoms with van der Waals surface area (Å²) in [4.78, 5) is 4.10. The van der Waals surface area contributed by atoms with Crippen LogP contribution in [-0.2, 0) is 0 Å². The van der Waals surface area contributed by atoms with Crippen LogP contribution in [0, 0.1) is 0 Å². The first-order valence-electron chi connectivity index (χ1n) is 3.85. The molecule has 64 valence electrons. The molecule has 2 aromatic rings. The quantitative estimate of drug-likeness (QED) is 0.626. The highest BCUT2D eigenvalue weighted by Gasteiger charge is 1.98. The Morgan fingerprint density at radius 3 is 2.75 bits per heavy atom. The average molecular weight is 200 g/mol. The van der Waals surface area contributed by atoms with Gasteiger partial charge in [0.25, 0.3) is 0 Å². The lowest BCUT2D eigenvalue weighted by molar-refractivity contribution is 1.50. The van der Waals surface area contributed by atoms with E-state index < -0.39 is 0 Å². The zero-order valence-corrected chi connectivity index (χ0v) is 8.62. The summed E-state index contributed by atoms with van der Waals surface area (Å²) >= 11 is 7.45. The molecule has 1 aromatic heterocycles. The van der Waals surface area contributed by atoms with Gasteiger partial charge < -0.3 is 0 Å². The molecule has 0 saturated heterocycles. The highest BCUT2D eigenvalue weighted by molar-refractivity contribution is 7.16. The van der Waals surface area contributed by atoms with E-state index in [4.69, 9.17) is 11.6 Å². The van der Waals surface area contributed by atoms with Crippen LogP contribution in [0.25, 0.3) is 10.2 Å². The largest absolute Gasteiger partial charge is 0.243 e. The molecular weight excluding hydrogens is 190 g/mol. The predicted octanol–water partition coefficient (Wildman–Crippen LogP) is 3.98. The van der Waals surface area contributed by atoms with Gasteiger partial charge in [0, 0.05) is 0 Å². The SMILES string of the molecule is CC.Clc1cccc2scnc12. The molecule has 0 bridgehead atoms. The van der Waals surface area contributed by atoms with Gasteiger partial charge in [-0.2, -0.15) is 0 Å². The molecule has 0 amide bonds. The molecule has 12 heavy (non-hydrogen) atoms. The number of halogens is 1. The van der Waals surface area contributed by atoms with E-state index in [-0.39, 0.29) is 0 Å². The zero-order valence-electron chi connectivity index (χ0n) is 7.04. The van der Waals surface area contributed by atoms with Crippen molar-refractivity contribution < 1.29 is 0 Å². The van der Waals surface area contributed by atoms with Crippen LogP contribution < -0.4 is 0 Å². The van der Waals surface area contributed by atoms with Crippen molar-refractivity contribution in [1.29, 1.82) is 0 Å². The third kappa shape index (κ3) is 1.76. The molecule has 0 aliphatic rings. The highest BCUT2D eigenvalue weighted by Crippen LogP contribution is 2.24. The fourth-order valence-electron chi connectivity index (χ4n) is 0.852. The summed E-state index contributed by atoms with van der Waals surface area (Å²) < 4.78 is 1.15. The van der Waals surface area contributed by atoms with Crippen molar-refractivity contribution >= 4 is 33.2 Å². The lowest BCUT2D eigenvalue weighted by Crippen LogP contribution is -1.66. The van der Waals surface area contributed by atoms with Crippen molar-refractivity contribution in [2.24, 2.45) is 0 Å². The van der Waals surface area contributed by atoms with Gasteiger partial charge in [-0.25, -0.2) is 4.98 Å². The molecule has 0 radical (unpaired) electrons. The van der Waals surface area contributed by atoms with Gasteiger partial charge in [0.2, 0.25) is 0 Å². The van der Waals surface area contributed by atoms with E-state index in [0.29, 0.717) is 0 Å². The molecule has 3 heteroatoms. The normalized spacial score (nSPS) is 9.25. The van der Waals surface area contributed by atoms with Crippen LogP contribution in [0.1, 0.15) is 13.8 Å². The number of hydrogen-bond donors (Lipinski definition) is 0. The van der Waals surface area contributed by atoms with E-state index in [9.17, 15) is 0 Å². The van der Waals surface area contributed by atoms with Crippen LogP contribution in [0.2, 0.25) is 5.02 Å². The van der Waals surface area contributed by atoms with Crippen molar-refractivity contribution in [1.82, 2.24) is 4.98 Å². The van der Waals surface area contributed by atoms with Crippen molar-refractivity contribution in [3.05, 3.63) is 28.7 Å². The summed E-state index contributed by atoms with van der Waals surface area (Å²) in [6, 6.07) is 5.80. The van der Waals surface area contributed by atoms with Gasteiger partial charge in [-0.05, 0) is 12.1 Å². The Balaban J connectivity index is 0.000000336. The Bertz CT molecular complexity index is 356. The molecule has 0 aliphatic carbocycles. The number of nitrogens with zero attached hydrogens (tertiary/aromatic N) is 1. The molecule has 0 spiro atoms. The van der Waals surface area contributed by atoms with Crippen LogP contribution in [0.15, 0.2) is 23.7 Å². The Morgan fingerprint density at radius 1 is 1.33 bits per heavy atom. The van der Waals surface area contributed by atoms with Gasteiger partial charge in [-0.15, -0.1) is 11.3 Å².